The maximum atomic E-state index is 9.34. The second-order valence-corrected chi connectivity index (χ2v) is 3.24. The van der Waals surface area contributed by atoms with Gasteiger partial charge >= 0.3 is 0 Å². The summed E-state index contributed by atoms with van der Waals surface area (Å²) in [6, 6.07) is -1.14. The summed E-state index contributed by atoms with van der Waals surface area (Å²) in [5.41, 5.74) is 0. The molecule has 0 spiro atoms. The van der Waals surface area contributed by atoms with Crippen molar-refractivity contribution in [3.8, 4) is 0 Å². The molecule has 0 aliphatic carbocycles. The Labute approximate surface area is 70.8 Å². The van der Waals surface area contributed by atoms with E-state index in [0.717, 1.165) is 5.06 Å². The van der Waals surface area contributed by atoms with Crippen LogP contribution in [0.4, 0.5) is 0 Å². The van der Waals surface area contributed by atoms with Gasteiger partial charge in [-0.1, -0.05) is 0 Å². The molecule has 1 aliphatic heterocycles. The summed E-state index contributed by atoms with van der Waals surface area (Å²) < 4.78 is 0. The fourth-order valence-electron chi connectivity index (χ4n) is 1.56. The molecule has 1 aliphatic rings. The van der Waals surface area contributed by atoms with E-state index in [1.54, 1.807) is 6.92 Å². The van der Waals surface area contributed by atoms with E-state index in [2.05, 4.69) is 0 Å². The number of hydrogen-bond donors (Lipinski definition) is 4. The largest absolute Gasteiger partial charge is 0.395 e. The van der Waals surface area contributed by atoms with Crippen molar-refractivity contribution >= 4 is 0 Å². The Morgan fingerprint density at radius 2 is 2.17 bits per heavy atom. The Morgan fingerprint density at radius 3 is 2.42 bits per heavy atom. The van der Waals surface area contributed by atoms with E-state index in [4.69, 9.17) is 10.2 Å². The van der Waals surface area contributed by atoms with Gasteiger partial charge in [0.1, 0.15) is 0 Å². The van der Waals surface area contributed by atoms with Crippen LogP contribution >= 0.6 is 0 Å². The van der Waals surface area contributed by atoms with Gasteiger partial charge in [0.2, 0.25) is 0 Å². The van der Waals surface area contributed by atoms with Crippen molar-refractivity contribution in [2.24, 2.45) is 0 Å². The zero-order valence-corrected chi connectivity index (χ0v) is 6.96. The number of hydrogen-bond acceptors (Lipinski definition) is 5. The first-order valence-electron chi connectivity index (χ1n) is 4.02. The fourth-order valence-corrected chi connectivity index (χ4v) is 1.56. The summed E-state index contributed by atoms with van der Waals surface area (Å²) in [6.45, 7) is 1.24. The molecule has 4 N–H and O–H groups in total. The smallest absolute Gasteiger partial charge is 0.0844 e. The van der Waals surface area contributed by atoms with Gasteiger partial charge in [-0.2, -0.15) is 5.06 Å². The van der Waals surface area contributed by atoms with E-state index < -0.39 is 24.3 Å². The minimum Gasteiger partial charge on any atom is -0.395 e. The zero-order chi connectivity index (χ0) is 9.30. The van der Waals surface area contributed by atoms with Crippen LogP contribution < -0.4 is 0 Å². The number of hydroxylamine groups is 2. The van der Waals surface area contributed by atoms with E-state index in [0.29, 0.717) is 6.42 Å². The van der Waals surface area contributed by atoms with E-state index in [1.165, 1.54) is 0 Å². The molecule has 0 aromatic rings. The lowest BCUT2D eigenvalue weighted by molar-refractivity contribution is -0.169. The van der Waals surface area contributed by atoms with Crippen molar-refractivity contribution in [2.45, 2.75) is 37.6 Å². The van der Waals surface area contributed by atoms with Crippen LogP contribution in [0.2, 0.25) is 0 Å². The molecule has 4 unspecified atom stereocenters. The highest BCUT2D eigenvalue weighted by Crippen LogP contribution is 2.24. The van der Waals surface area contributed by atoms with Gasteiger partial charge in [0.05, 0.1) is 30.9 Å². The summed E-state index contributed by atoms with van der Waals surface area (Å²) in [7, 11) is 0. The molecule has 72 valence electrons. The maximum absolute atomic E-state index is 9.34. The molecule has 0 amide bonds. The Morgan fingerprint density at radius 1 is 1.58 bits per heavy atom. The number of aliphatic hydroxyl groups is 3. The third-order valence-corrected chi connectivity index (χ3v) is 2.35. The lowest BCUT2D eigenvalue weighted by Gasteiger charge is -2.23. The number of aliphatic hydroxyl groups excluding tert-OH is 3. The molecule has 0 saturated carbocycles. The fraction of sp³-hybridized carbons (Fsp3) is 1.00. The lowest BCUT2D eigenvalue weighted by atomic mass is 10.1. The molecule has 0 aromatic carbocycles. The molecule has 1 heterocycles. The van der Waals surface area contributed by atoms with E-state index in [1.807, 2.05) is 0 Å². The molecule has 1 saturated heterocycles. The minimum absolute atomic E-state index is 0.291. The first-order chi connectivity index (χ1) is 5.57. The number of rotatable bonds is 2. The molecular formula is C7H15NO4. The third-order valence-electron chi connectivity index (χ3n) is 2.35. The average Bonchev–Trinajstić information content (AvgIpc) is 2.27. The molecule has 5 heteroatoms. The third kappa shape index (κ3) is 1.60. The Balaban J connectivity index is 2.62. The first kappa shape index (κ1) is 9.88. The minimum atomic E-state index is -0.764. The Kier molecular flexibility index (Phi) is 3.03. The van der Waals surface area contributed by atoms with Gasteiger partial charge < -0.3 is 20.5 Å². The van der Waals surface area contributed by atoms with Gasteiger partial charge in [0.15, 0.2) is 0 Å². The normalized spacial score (nSPS) is 40.2. The van der Waals surface area contributed by atoms with Crippen LogP contribution in [0.15, 0.2) is 0 Å². The van der Waals surface area contributed by atoms with Crippen LogP contribution in [0.25, 0.3) is 0 Å². The number of nitrogens with zero attached hydrogens (tertiary/aromatic N) is 1. The second kappa shape index (κ2) is 3.68. The van der Waals surface area contributed by atoms with Gasteiger partial charge in [-0.3, -0.25) is 0 Å². The van der Waals surface area contributed by atoms with Crippen LogP contribution in [0.1, 0.15) is 13.3 Å². The predicted molar refractivity (Wildman–Crippen MR) is 40.6 cm³/mol. The van der Waals surface area contributed by atoms with Crippen LogP contribution in [0.3, 0.4) is 0 Å². The monoisotopic (exact) mass is 177 g/mol. The average molecular weight is 177 g/mol. The molecule has 0 bridgehead atoms. The first-order valence-corrected chi connectivity index (χ1v) is 4.02. The topological polar surface area (TPSA) is 84.2 Å². The Bertz CT molecular complexity index is 152. The highest BCUT2D eigenvalue weighted by atomic mass is 16.5. The van der Waals surface area contributed by atoms with Crippen LogP contribution in [0.5, 0.6) is 0 Å². The molecule has 1 rings (SSSR count). The summed E-state index contributed by atoms with van der Waals surface area (Å²) in [4.78, 5) is 0. The molecule has 1 fully saturated rings. The van der Waals surface area contributed by atoms with Gasteiger partial charge in [0.25, 0.3) is 0 Å². The van der Waals surface area contributed by atoms with Crippen molar-refractivity contribution in [3.05, 3.63) is 0 Å². The summed E-state index contributed by atoms with van der Waals surface area (Å²) in [5.74, 6) is 0. The van der Waals surface area contributed by atoms with Crippen LogP contribution in [-0.4, -0.2) is 56.5 Å². The predicted octanol–water partition coefficient (Wildman–Crippen LogP) is -1.45. The van der Waals surface area contributed by atoms with Crippen molar-refractivity contribution in [2.75, 3.05) is 6.61 Å². The van der Waals surface area contributed by atoms with E-state index in [9.17, 15) is 10.3 Å². The van der Waals surface area contributed by atoms with Crippen molar-refractivity contribution in [3.63, 3.8) is 0 Å². The Hall–Kier alpha value is -0.200. The molecule has 4 atom stereocenters. The molecular weight excluding hydrogens is 162 g/mol. The highest BCUT2D eigenvalue weighted by molar-refractivity contribution is 4.91. The van der Waals surface area contributed by atoms with Crippen LogP contribution in [0, 0.1) is 0 Å². The van der Waals surface area contributed by atoms with Crippen LogP contribution in [-0.2, 0) is 0 Å². The van der Waals surface area contributed by atoms with Crippen molar-refractivity contribution in [1.82, 2.24) is 5.06 Å². The van der Waals surface area contributed by atoms with E-state index in [-0.39, 0.29) is 6.61 Å². The van der Waals surface area contributed by atoms with Gasteiger partial charge in [-0.25, -0.2) is 0 Å². The highest BCUT2D eigenvalue weighted by Gasteiger charge is 2.41. The summed E-state index contributed by atoms with van der Waals surface area (Å²) in [5, 5.41) is 37.4. The van der Waals surface area contributed by atoms with Crippen molar-refractivity contribution < 1.29 is 20.5 Å². The summed E-state index contributed by atoms with van der Waals surface area (Å²) in [6.07, 6.45) is -1.18. The zero-order valence-electron chi connectivity index (χ0n) is 6.96. The van der Waals surface area contributed by atoms with Crippen molar-refractivity contribution in [1.29, 1.82) is 0 Å². The molecule has 0 radical (unpaired) electrons. The quantitative estimate of drug-likeness (QED) is 0.415. The van der Waals surface area contributed by atoms with Gasteiger partial charge in [-0.05, 0) is 13.3 Å². The molecule has 5 nitrogen and oxygen atoms in total. The SMILES string of the molecule is CC(O)C1CC(O)C(CO)N1O. The van der Waals surface area contributed by atoms with E-state index >= 15 is 0 Å². The second-order valence-electron chi connectivity index (χ2n) is 3.24. The standard InChI is InChI=1S/C7H15NO4/c1-4(10)5-2-7(11)6(3-9)8(5)12/h4-7,9-12H,2-3H2,1H3. The molecule has 12 heavy (non-hydrogen) atoms. The van der Waals surface area contributed by atoms with Gasteiger partial charge in [-0.15, -0.1) is 0 Å². The maximum Gasteiger partial charge on any atom is 0.0844 e. The molecule has 0 aromatic heterocycles. The lowest BCUT2D eigenvalue weighted by Crippen LogP contribution is -2.42. The van der Waals surface area contributed by atoms with Gasteiger partial charge in [0, 0.05) is 0 Å². The summed E-state index contributed by atoms with van der Waals surface area (Å²) >= 11 is 0.